The van der Waals surface area contributed by atoms with E-state index in [4.69, 9.17) is 5.73 Å². The molecule has 0 heterocycles. The van der Waals surface area contributed by atoms with Crippen molar-refractivity contribution in [2.45, 2.75) is 51.7 Å². The number of halogens is 1. The lowest BCUT2D eigenvalue weighted by molar-refractivity contribution is -0.0301. The van der Waals surface area contributed by atoms with Crippen LogP contribution >= 0.6 is 0 Å². The van der Waals surface area contributed by atoms with Crippen molar-refractivity contribution in [3.8, 4) is 0 Å². The van der Waals surface area contributed by atoms with Crippen LogP contribution in [0.15, 0.2) is 0 Å². The van der Waals surface area contributed by atoms with Crippen molar-refractivity contribution >= 4 is 0 Å². The molecule has 12 heavy (non-hydrogen) atoms. The quantitative estimate of drug-likeness (QED) is 0.697. The van der Waals surface area contributed by atoms with Crippen molar-refractivity contribution in [2.24, 2.45) is 17.6 Å². The summed E-state index contributed by atoms with van der Waals surface area (Å²) in [6.45, 7) is 6.25. The highest BCUT2D eigenvalue weighted by atomic mass is 19.1. The Kier molecular flexibility index (Phi) is 2.77. The highest BCUT2D eigenvalue weighted by molar-refractivity contribution is 5.01. The summed E-state index contributed by atoms with van der Waals surface area (Å²) >= 11 is 0. The van der Waals surface area contributed by atoms with Gasteiger partial charge in [-0.1, -0.05) is 27.2 Å². The molecule has 1 fully saturated rings. The summed E-state index contributed by atoms with van der Waals surface area (Å²) < 4.78 is 13.9. The van der Waals surface area contributed by atoms with E-state index in [1.54, 1.807) is 0 Å². The van der Waals surface area contributed by atoms with E-state index in [0.29, 0.717) is 18.8 Å². The zero-order valence-corrected chi connectivity index (χ0v) is 8.31. The highest BCUT2D eigenvalue weighted by Gasteiger charge is 2.48. The third kappa shape index (κ3) is 1.63. The van der Waals surface area contributed by atoms with E-state index >= 15 is 0 Å². The molecule has 0 aromatic carbocycles. The molecular weight excluding hydrogens is 153 g/mol. The molecule has 0 aromatic rings. The van der Waals surface area contributed by atoms with Gasteiger partial charge in [0.15, 0.2) is 0 Å². The summed E-state index contributed by atoms with van der Waals surface area (Å²) in [6, 6.07) is 0.113. The van der Waals surface area contributed by atoms with E-state index in [9.17, 15) is 4.39 Å². The zero-order valence-electron chi connectivity index (χ0n) is 8.31. The summed E-state index contributed by atoms with van der Waals surface area (Å²) in [7, 11) is 0. The normalized spacial score (nSPS) is 40.2. The van der Waals surface area contributed by atoms with Crippen LogP contribution in [0, 0.1) is 11.8 Å². The van der Waals surface area contributed by atoms with Gasteiger partial charge in [0.1, 0.15) is 5.67 Å². The van der Waals surface area contributed by atoms with Gasteiger partial charge in [0.25, 0.3) is 0 Å². The van der Waals surface area contributed by atoms with Crippen molar-refractivity contribution in [1.29, 1.82) is 0 Å². The van der Waals surface area contributed by atoms with E-state index < -0.39 is 5.67 Å². The predicted molar refractivity (Wildman–Crippen MR) is 49.7 cm³/mol. The minimum absolute atomic E-state index is 0.113. The van der Waals surface area contributed by atoms with E-state index in [-0.39, 0.29) is 12.0 Å². The van der Waals surface area contributed by atoms with E-state index in [1.807, 2.05) is 6.92 Å². The molecule has 0 radical (unpaired) electrons. The van der Waals surface area contributed by atoms with Gasteiger partial charge in [-0.15, -0.1) is 0 Å². The third-order valence-corrected chi connectivity index (χ3v) is 3.52. The van der Waals surface area contributed by atoms with Crippen LogP contribution in [-0.4, -0.2) is 11.7 Å². The fraction of sp³-hybridized carbons (Fsp3) is 1.00. The number of alkyl halides is 1. The SMILES string of the molecule is CCC(C)C(C)C1(F)CC(N)C1. The first-order valence-corrected chi connectivity index (χ1v) is 4.94. The lowest BCUT2D eigenvalue weighted by atomic mass is 9.66. The van der Waals surface area contributed by atoms with Crippen LogP contribution in [0.2, 0.25) is 0 Å². The van der Waals surface area contributed by atoms with Crippen molar-refractivity contribution < 1.29 is 4.39 Å². The minimum atomic E-state index is -0.950. The predicted octanol–water partition coefficient (Wildman–Crippen LogP) is 2.50. The zero-order chi connectivity index (χ0) is 9.35. The molecule has 1 aliphatic rings. The van der Waals surface area contributed by atoms with Crippen LogP contribution in [-0.2, 0) is 0 Å². The summed E-state index contributed by atoms with van der Waals surface area (Å²) in [5.41, 5.74) is 4.64. The Morgan fingerprint density at radius 3 is 2.33 bits per heavy atom. The first-order chi connectivity index (χ1) is 5.49. The minimum Gasteiger partial charge on any atom is -0.327 e. The number of rotatable bonds is 3. The third-order valence-electron chi connectivity index (χ3n) is 3.52. The van der Waals surface area contributed by atoms with Crippen LogP contribution in [0.3, 0.4) is 0 Å². The maximum absolute atomic E-state index is 13.9. The molecule has 1 saturated carbocycles. The maximum atomic E-state index is 13.9. The van der Waals surface area contributed by atoms with E-state index in [0.717, 1.165) is 6.42 Å². The first kappa shape index (κ1) is 9.97. The molecule has 0 bridgehead atoms. The number of hydrogen-bond acceptors (Lipinski definition) is 1. The van der Waals surface area contributed by atoms with Crippen molar-refractivity contribution in [3.05, 3.63) is 0 Å². The number of nitrogens with two attached hydrogens (primary N) is 1. The average molecular weight is 173 g/mol. The van der Waals surface area contributed by atoms with Crippen LogP contribution < -0.4 is 5.73 Å². The standard InChI is InChI=1S/C10H20FN/c1-4-7(2)8(3)10(11)5-9(12)6-10/h7-9H,4-6,12H2,1-3H3. The Morgan fingerprint density at radius 1 is 1.50 bits per heavy atom. The van der Waals surface area contributed by atoms with E-state index in [2.05, 4.69) is 13.8 Å². The molecule has 0 amide bonds. The van der Waals surface area contributed by atoms with Gasteiger partial charge in [-0.3, -0.25) is 0 Å². The first-order valence-electron chi connectivity index (χ1n) is 4.94. The fourth-order valence-electron chi connectivity index (χ4n) is 2.05. The monoisotopic (exact) mass is 173 g/mol. The van der Waals surface area contributed by atoms with Crippen LogP contribution in [0.4, 0.5) is 4.39 Å². The van der Waals surface area contributed by atoms with Crippen LogP contribution in [0.25, 0.3) is 0 Å². The lowest BCUT2D eigenvalue weighted by Gasteiger charge is -2.45. The summed E-state index contributed by atoms with van der Waals surface area (Å²) in [5.74, 6) is 0.643. The fourth-order valence-corrected chi connectivity index (χ4v) is 2.05. The lowest BCUT2D eigenvalue weighted by Crippen LogP contribution is -2.53. The van der Waals surface area contributed by atoms with Crippen LogP contribution in [0.1, 0.15) is 40.0 Å². The molecule has 2 N–H and O–H groups in total. The molecule has 0 saturated heterocycles. The summed E-state index contributed by atoms with van der Waals surface area (Å²) in [5, 5.41) is 0. The summed E-state index contributed by atoms with van der Waals surface area (Å²) in [6.07, 6.45) is 2.19. The highest BCUT2D eigenvalue weighted by Crippen LogP contribution is 2.44. The molecule has 0 aromatic heterocycles. The van der Waals surface area contributed by atoms with Gasteiger partial charge in [-0.05, 0) is 24.7 Å². The Hall–Kier alpha value is -0.110. The molecule has 0 spiro atoms. The second-order valence-electron chi connectivity index (χ2n) is 4.38. The molecule has 2 heteroatoms. The maximum Gasteiger partial charge on any atom is 0.116 e. The molecule has 1 nitrogen and oxygen atoms in total. The van der Waals surface area contributed by atoms with Gasteiger partial charge in [-0.2, -0.15) is 0 Å². The molecule has 72 valence electrons. The average Bonchev–Trinajstić information content (AvgIpc) is 1.99. The Labute approximate surface area is 74.5 Å². The largest absolute Gasteiger partial charge is 0.327 e. The molecule has 1 rings (SSSR count). The van der Waals surface area contributed by atoms with Gasteiger partial charge in [0.05, 0.1) is 0 Å². The van der Waals surface area contributed by atoms with Gasteiger partial charge in [0, 0.05) is 6.04 Å². The molecule has 2 atom stereocenters. The van der Waals surface area contributed by atoms with Gasteiger partial charge >= 0.3 is 0 Å². The molecule has 2 unspecified atom stereocenters. The van der Waals surface area contributed by atoms with Crippen molar-refractivity contribution in [1.82, 2.24) is 0 Å². The van der Waals surface area contributed by atoms with E-state index in [1.165, 1.54) is 0 Å². The second-order valence-corrected chi connectivity index (χ2v) is 4.38. The Balaban J connectivity index is 2.47. The number of hydrogen-bond donors (Lipinski definition) is 1. The molecule has 1 aliphatic carbocycles. The van der Waals surface area contributed by atoms with Crippen LogP contribution in [0.5, 0.6) is 0 Å². The summed E-state index contributed by atoms with van der Waals surface area (Å²) in [4.78, 5) is 0. The Bertz CT molecular complexity index is 152. The smallest absolute Gasteiger partial charge is 0.116 e. The van der Waals surface area contributed by atoms with Gasteiger partial charge < -0.3 is 5.73 Å². The van der Waals surface area contributed by atoms with Crippen molar-refractivity contribution in [2.75, 3.05) is 0 Å². The molecular formula is C10H20FN. The topological polar surface area (TPSA) is 26.0 Å². The van der Waals surface area contributed by atoms with Crippen molar-refractivity contribution in [3.63, 3.8) is 0 Å². The van der Waals surface area contributed by atoms with Gasteiger partial charge in [-0.25, -0.2) is 4.39 Å². The second kappa shape index (κ2) is 3.33. The Morgan fingerprint density at radius 2 is 2.00 bits per heavy atom. The molecule has 0 aliphatic heterocycles. The van der Waals surface area contributed by atoms with Gasteiger partial charge in [0.2, 0.25) is 0 Å².